The Hall–Kier alpha value is -3.39. The van der Waals surface area contributed by atoms with Crippen molar-refractivity contribution in [1.29, 1.82) is 0 Å². The fourth-order valence-corrected chi connectivity index (χ4v) is 3.66. The molecule has 0 aliphatic carbocycles. The highest BCUT2D eigenvalue weighted by Crippen LogP contribution is 2.24. The van der Waals surface area contributed by atoms with Crippen molar-refractivity contribution in [2.45, 2.75) is 13.2 Å². The van der Waals surface area contributed by atoms with E-state index in [9.17, 15) is 14.4 Å². The maximum Gasteiger partial charge on any atom is 0.340 e. The maximum atomic E-state index is 12.5. The Kier molecular flexibility index (Phi) is 5.41. The SMILES string of the molecule is COC(=O)c1cn(CC(=O)OCc2cc(=O)oc3cc(Br)ccc23)c2ccccc12. The van der Waals surface area contributed by atoms with Crippen LogP contribution in [-0.2, 0) is 27.4 Å². The first-order valence-corrected chi connectivity index (χ1v) is 9.79. The average molecular weight is 470 g/mol. The van der Waals surface area contributed by atoms with Gasteiger partial charge in [0.2, 0.25) is 0 Å². The van der Waals surface area contributed by atoms with Crippen molar-refractivity contribution in [3.63, 3.8) is 0 Å². The first-order valence-electron chi connectivity index (χ1n) is 9.00. The topological polar surface area (TPSA) is 87.7 Å². The van der Waals surface area contributed by atoms with E-state index in [1.54, 1.807) is 29.0 Å². The first-order chi connectivity index (χ1) is 14.5. The zero-order valence-electron chi connectivity index (χ0n) is 15.9. The van der Waals surface area contributed by atoms with Crippen LogP contribution in [0, 0.1) is 0 Å². The Bertz CT molecular complexity index is 1340. The van der Waals surface area contributed by atoms with Gasteiger partial charge in [-0.3, -0.25) is 4.79 Å². The highest BCUT2D eigenvalue weighted by molar-refractivity contribution is 9.10. The number of aromatic nitrogens is 1. The molecule has 2 heterocycles. The summed E-state index contributed by atoms with van der Waals surface area (Å²) in [5.74, 6) is -0.988. The van der Waals surface area contributed by atoms with Gasteiger partial charge in [0, 0.05) is 38.6 Å². The Labute approximate surface area is 178 Å². The summed E-state index contributed by atoms with van der Waals surface area (Å²) >= 11 is 3.33. The summed E-state index contributed by atoms with van der Waals surface area (Å²) in [4.78, 5) is 36.3. The lowest BCUT2D eigenvalue weighted by atomic mass is 10.1. The molecule has 8 heteroatoms. The maximum absolute atomic E-state index is 12.5. The zero-order valence-corrected chi connectivity index (χ0v) is 17.5. The molecule has 0 spiro atoms. The van der Waals surface area contributed by atoms with Crippen LogP contribution in [0.2, 0.25) is 0 Å². The lowest BCUT2D eigenvalue weighted by Gasteiger charge is -2.09. The second-order valence-corrected chi connectivity index (χ2v) is 7.49. The minimum absolute atomic E-state index is 0.0778. The van der Waals surface area contributed by atoms with Gasteiger partial charge in [-0.05, 0) is 24.3 Å². The molecule has 4 aromatic rings. The number of hydrogen-bond donors (Lipinski definition) is 0. The molecule has 0 aliphatic heterocycles. The van der Waals surface area contributed by atoms with Crippen LogP contribution >= 0.6 is 15.9 Å². The number of halogens is 1. The van der Waals surface area contributed by atoms with Gasteiger partial charge in [-0.25, -0.2) is 9.59 Å². The Balaban J connectivity index is 1.56. The van der Waals surface area contributed by atoms with Gasteiger partial charge < -0.3 is 18.5 Å². The fourth-order valence-electron chi connectivity index (χ4n) is 3.32. The van der Waals surface area contributed by atoms with Crippen LogP contribution in [0.1, 0.15) is 15.9 Å². The number of nitrogens with zero attached hydrogens (tertiary/aromatic N) is 1. The third-order valence-corrected chi connectivity index (χ3v) is 5.17. The third kappa shape index (κ3) is 3.86. The van der Waals surface area contributed by atoms with E-state index in [2.05, 4.69) is 15.9 Å². The Morgan fingerprint density at radius 1 is 1.10 bits per heavy atom. The molecule has 0 bridgehead atoms. The molecular formula is C22H16BrNO6. The van der Waals surface area contributed by atoms with Crippen LogP contribution in [0.4, 0.5) is 0 Å². The number of carbonyl (C=O) groups excluding carboxylic acids is 2. The zero-order chi connectivity index (χ0) is 21.3. The molecule has 7 nitrogen and oxygen atoms in total. The van der Waals surface area contributed by atoms with Crippen LogP contribution in [-0.4, -0.2) is 23.6 Å². The summed E-state index contributed by atoms with van der Waals surface area (Å²) in [7, 11) is 1.31. The van der Waals surface area contributed by atoms with E-state index in [0.717, 1.165) is 4.47 Å². The third-order valence-electron chi connectivity index (χ3n) is 4.67. The van der Waals surface area contributed by atoms with E-state index in [1.165, 1.54) is 13.2 Å². The number of fused-ring (bicyclic) bond motifs is 2. The molecule has 0 fully saturated rings. The molecule has 0 N–H and O–H groups in total. The molecule has 30 heavy (non-hydrogen) atoms. The standard InChI is InChI=1S/C22H16BrNO6/c1-28-22(27)17-10-24(18-5-3-2-4-16(17)18)11-21(26)29-12-13-8-20(25)30-19-9-14(23)6-7-15(13)19/h2-10H,11-12H2,1H3. The highest BCUT2D eigenvalue weighted by Gasteiger charge is 2.17. The number of ether oxygens (including phenoxy) is 2. The quantitative estimate of drug-likeness (QED) is 0.323. The summed E-state index contributed by atoms with van der Waals surface area (Å²) in [6.45, 7) is -0.173. The molecule has 0 radical (unpaired) electrons. The molecule has 0 amide bonds. The molecule has 2 aromatic carbocycles. The summed E-state index contributed by atoms with van der Waals surface area (Å²) in [5, 5.41) is 1.37. The van der Waals surface area contributed by atoms with Crippen molar-refractivity contribution in [1.82, 2.24) is 4.57 Å². The lowest BCUT2D eigenvalue weighted by molar-refractivity contribution is -0.145. The van der Waals surface area contributed by atoms with E-state index in [4.69, 9.17) is 13.9 Å². The fraction of sp³-hybridized carbons (Fsp3) is 0.136. The summed E-state index contributed by atoms with van der Waals surface area (Å²) in [6, 6.07) is 13.8. The normalized spacial score (nSPS) is 11.0. The van der Waals surface area contributed by atoms with Gasteiger partial charge in [0.25, 0.3) is 0 Å². The van der Waals surface area contributed by atoms with Crippen molar-refractivity contribution in [2.24, 2.45) is 0 Å². The van der Waals surface area contributed by atoms with Gasteiger partial charge in [-0.15, -0.1) is 0 Å². The number of esters is 2. The van der Waals surface area contributed by atoms with Gasteiger partial charge >= 0.3 is 17.6 Å². The number of rotatable bonds is 5. The molecule has 152 valence electrons. The molecule has 0 saturated carbocycles. The van der Waals surface area contributed by atoms with Crippen molar-refractivity contribution in [2.75, 3.05) is 7.11 Å². The van der Waals surface area contributed by atoms with Gasteiger partial charge in [0.05, 0.1) is 12.7 Å². The van der Waals surface area contributed by atoms with Crippen molar-refractivity contribution in [3.8, 4) is 0 Å². The number of hydrogen-bond acceptors (Lipinski definition) is 6. The summed E-state index contributed by atoms with van der Waals surface area (Å²) < 4.78 is 17.8. The lowest BCUT2D eigenvalue weighted by Crippen LogP contribution is -2.14. The van der Waals surface area contributed by atoms with E-state index >= 15 is 0 Å². The minimum Gasteiger partial charge on any atom is -0.465 e. The average Bonchev–Trinajstić information content (AvgIpc) is 3.09. The number of methoxy groups -OCH3 is 1. The first kappa shape index (κ1) is 19.9. The molecule has 2 aromatic heterocycles. The van der Waals surface area contributed by atoms with Gasteiger partial charge in [-0.1, -0.05) is 34.1 Å². The van der Waals surface area contributed by atoms with E-state index < -0.39 is 17.6 Å². The monoisotopic (exact) mass is 469 g/mol. The molecule has 0 saturated heterocycles. The molecule has 0 atom stereocenters. The molecule has 0 aliphatic rings. The van der Waals surface area contributed by atoms with Crippen LogP contribution < -0.4 is 5.63 Å². The predicted octanol–water partition coefficient (Wildman–Crippen LogP) is 4.04. The second-order valence-electron chi connectivity index (χ2n) is 6.57. The van der Waals surface area contributed by atoms with E-state index in [0.29, 0.717) is 33.0 Å². The number of carbonyl (C=O) groups is 2. The Morgan fingerprint density at radius 3 is 2.70 bits per heavy atom. The van der Waals surface area contributed by atoms with Crippen LogP contribution in [0.15, 0.2) is 68.4 Å². The molecule has 0 unspecified atom stereocenters. The van der Waals surface area contributed by atoms with E-state index in [1.807, 2.05) is 24.3 Å². The van der Waals surface area contributed by atoms with Crippen LogP contribution in [0.25, 0.3) is 21.9 Å². The van der Waals surface area contributed by atoms with Gasteiger partial charge in [0.1, 0.15) is 18.7 Å². The minimum atomic E-state index is -0.522. The van der Waals surface area contributed by atoms with Crippen molar-refractivity contribution >= 4 is 49.7 Å². The summed E-state index contributed by atoms with van der Waals surface area (Å²) in [6.07, 6.45) is 1.57. The van der Waals surface area contributed by atoms with E-state index in [-0.39, 0.29) is 13.2 Å². The number of benzene rings is 2. The second kappa shape index (κ2) is 8.16. The smallest absolute Gasteiger partial charge is 0.340 e. The van der Waals surface area contributed by atoms with Gasteiger partial charge in [0.15, 0.2) is 0 Å². The molecular weight excluding hydrogens is 454 g/mol. The molecule has 4 rings (SSSR count). The largest absolute Gasteiger partial charge is 0.465 e. The summed E-state index contributed by atoms with van der Waals surface area (Å²) in [5.41, 5.74) is 1.52. The van der Waals surface area contributed by atoms with Crippen LogP contribution in [0.3, 0.4) is 0 Å². The van der Waals surface area contributed by atoms with Crippen molar-refractivity contribution < 1.29 is 23.5 Å². The van der Waals surface area contributed by atoms with Gasteiger partial charge in [-0.2, -0.15) is 0 Å². The predicted molar refractivity (Wildman–Crippen MR) is 113 cm³/mol. The van der Waals surface area contributed by atoms with Crippen LogP contribution in [0.5, 0.6) is 0 Å². The number of para-hydroxylation sites is 1. The van der Waals surface area contributed by atoms with Crippen molar-refractivity contribution in [3.05, 3.63) is 80.7 Å². The highest BCUT2D eigenvalue weighted by atomic mass is 79.9. The Morgan fingerprint density at radius 2 is 1.90 bits per heavy atom.